The van der Waals surface area contributed by atoms with E-state index in [0.717, 1.165) is 44.2 Å². The van der Waals surface area contributed by atoms with Crippen LogP contribution in [0.15, 0.2) is 24.4 Å². The van der Waals surface area contributed by atoms with Gasteiger partial charge in [0.25, 0.3) is 0 Å². The SMILES string of the molecule is N#Cc1cc(F)c(NC2C3CCC(CC3)C2(C=O)CO)cc1-c1[nH]nc2ncc(F)cc12. The molecule has 3 aliphatic rings. The van der Waals surface area contributed by atoms with E-state index in [1.165, 1.54) is 12.1 Å². The molecule has 2 atom stereocenters. The van der Waals surface area contributed by atoms with Gasteiger partial charge in [-0.3, -0.25) is 5.10 Å². The number of hydrogen-bond acceptors (Lipinski definition) is 6. The molecule has 164 valence electrons. The van der Waals surface area contributed by atoms with Gasteiger partial charge < -0.3 is 15.2 Å². The lowest BCUT2D eigenvalue weighted by atomic mass is 9.54. The lowest BCUT2D eigenvalue weighted by Gasteiger charge is -2.54. The van der Waals surface area contributed by atoms with E-state index in [2.05, 4.69) is 20.5 Å². The topological polar surface area (TPSA) is 115 Å². The second kappa shape index (κ2) is 7.64. The van der Waals surface area contributed by atoms with E-state index in [0.29, 0.717) is 16.6 Å². The minimum atomic E-state index is -0.977. The van der Waals surface area contributed by atoms with E-state index in [-0.39, 0.29) is 35.3 Å². The Labute approximate surface area is 182 Å². The molecule has 3 aromatic rings. The number of aldehydes is 1. The predicted octanol–water partition coefficient (Wildman–Crippen LogP) is 3.55. The average molecular weight is 437 g/mol. The molecule has 0 amide bonds. The van der Waals surface area contributed by atoms with Crippen LogP contribution < -0.4 is 5.32 Å². The van der Waals surface area contributed by atoms with Gasteiger partial charge in [0.15, 0.2) is 5.65 Å². The van der Waals surface area contributed by atoms with Gasteiger partial charge in [0.2, 0.25) is 0 Å². The van der Waals surface area contributed by atoms with Gasteiger partial charge in [-0.1, -0.05) is 0 Å². The molecule has 3 N–H and O–H groups in total. The second-order valence-electron chi connectivity index (χ2n) is 8.73. The number of fused-ring (bicyclic) bond motifs is 4. The summed E-state index contributed by atoms with van der Waals surface area (Å²) >= 11 is 0. The third-order valence-electron chi connectivity index (χ3n) is 7.26. The molecule has 0 radical (unpaired) electrons. The number of nitrogens with zero attached hydrogens (tertiary/aromatic N) is 3. The zero-order valence-electron chi connectivity index (χ0n) is 17.1. The van der Waals surface area contributed by atoms with Crippen molar-refractivity contribution in [2.75, 3.05) is 11.9 Å². The number of anilines is 1. The summed E-state index contributed by atoms with van der Waals surface area (Å²) in [6.45, 7) is -0.309. The number of rotatable bonds is 5. The zero-order valence-corrected chi connectivity index (χ0v) is 17.1. The highest BCUT2D eigenvalue weighted by molar-refractivity contribution is 5.93. The number of aliphatic hydroxyl groups is 1. The average Bonchev–Trinajstić information content (AvgIpc) is 3.23. The highest BCUT2D eigenvalue weighted by Crippen LogP contribution is 2.52. The molecule has 0 saturated heterocycles. The normalized spacial score (nSPS) is 26.8. The molecule has 0 spiro atoms. The number of halogens is 2. The van der Waals surface area contributed by atoms with Crippen molar-refractivity contribution in [3.63, 3.8) is 0 Å². The minimum Gasteiger partial charge on any atom is -0.395 e. The van der Waals surface area contributed by atoms with Crippen molar-refractivity contribution in [1.29, 1.82) is 5.26 Å². The maximum absolute atomic E-state index is 15.0. The molecule has 3 fully saturated rings. The molecular weight excluding hydrogens is 416 g/mol. The largest absolute Gasteiger partial charge is 0.395 e. The molecule has 0 aliphatic heterocycles. The molecule has 2 aromatic heterocycles. The molecule has 3 aliphatic carbocycles. The number of pyridine rings is 1. The Bertz CT molecular complexity index is 1250. The first-order chi connectivity index (χ1) is 15.5. The van der Waals surface area contributed by atoms with E-state index < -0.39 is 23.1 Å². The van der Waals surface area contributed by atoms with Gasteiger partial charge in [-0.05, 0) is 55.7 Å². The minimum absolute atomic E-state index is 0.0408. The first kappa shape index (κ1) is 20.5. The van der Waals surface area contributed by atoms with Crippen LogP contribution >= 0.6 is 0 Å². The maximum Gasteiger partial charge on any atom is 0.181 e. The molecule has 2 heterocycles. The van der Waals surface area contributed by atoms with Gasteiger partial charge in [-0.25, -0.2) is 13.8 Å². The van der Waals surface area contributed by atoms with Crippen LogP contribution in [0, 0.1) is 40.2 Å². The molecule has 1 aromatic carbocycles. The summed E-state index contributed by atoms with van der Waals surface area (Å²) in [5, 5.41) is 30.1. The van der Waals surface area contributed by atoms with Gasteiger partial charge in [-0.15, -0.1) is 0 Å². The van der Waals surface area contributed by atoms with Crippen molar-refractivity contribution in [3.8, 4) is 17.3 Å². The number of aliphatic hydroxyl groups excluding tert-OH is 1. The lowest BCUT2D eigenvalue weighted by Crippen LogP contribution is -2.59. The Morgan fingerprint density at radius 2 is 2.06 bits per heavy atom. The molecule has 9 heteroatoms. The summed E-state index contributed by atoms with van der Waals surface area (Å²) in [6.07, 6.45) is 5.39. The summed E-state index contributed by atoms with van der Waals surface area (Å²) in [6, 6.07) is 5.39. The Morgan fingerprint density at radius 1 is 1.28 bits per heavy atom. The monoisotopic (exact) mass is 437 g/mol. The number of aromatic amines is 1. The number of nitriles is 1. The van der Waals surface area contributed by atoms with E-state index in [1.54, 1.807) is 0 Å². The van der Waals surface area contributed by atoms with Crippen LogP contribution in [-0.2, 0) is 4.79 Å². The van der Waals surface area contributed by atoms with E-state index in [4.69, 9.17) is 0 Å². The lowest BCUT2D eigenvalue weighted by molar-refractivity contribution is -0.132. The summed E-state index contributed by atoms with van der Waals surface area (Å²) in [5.41, 5.74) is 0.151. The fraction of sp³-hybridized carbons (Fsp3) is 0.391. The zero-order chi connectivity index (χ0) is 22.5. The highest BCUT2D eigenvalue weighted by Gasteiger charge is 2.54. The Hall–Kier alpha value is -3.38. The molecule has 32 heavy (non-hydrogen) atoms. The number of aromatic nitrogens is 3. The van der Waals surface area contributed by atoms with Crippen molar-refractivity contribution in [2.45, 2.75) is 31.7 Å². The van der Waals surface area contributed by atoms with Crippen molar-refractivity contribution in [1.82, 2.24) is 15.2 Å². The number of hydrogen-bond donors (Lipinski definition) is 3. The van der Waals surface area contributed by atoms with Crippen molar-refractivity contribution in [3.05, 3.63) is 41.6 Å². The maximum atomic E-state index is 15.0. The first-order valence-electron chi connectivity index (χ1n) is 10.6. The summed E-state index contributed by atoms with van der Waals surface area (Å²) in [4.78, 5) is 16.1. The molecule has 2 bridgehead atoms. The third kappa shape index (κ3) is 2.98. The van der Waals surface area contributed by atoms with Gasteiger partial charge in [-0.2, -0.15) is 10.4 Å². The molecular formula is C23H21F2N5O2. The third-order valence-corrected chi connectivity index (χ3v) is 7.26. The van der Waals surface area contributed by atoms with E-state index in [1.807, 2.05) is 6.07 Å². The van der Waals surface area contributed by atoms with Crippen molar-refractivity contribution in [2.24, 2.45) is 17.3 Å². The van der Waals surface area contributed by atoms with Crippen LogP contribution in [0.2, 0.25) is 0 Å². The standard InChI is InChI=1S/C23H21F2N5O2/c24-15-6-17-20(29-30-22(17)27-9-15)16-7-19(18(25)5-13(16)8-26)28-21-12-1-3-14(4-2-12)23(21,10-31)11-32/h5-7,9-10,12,14,21,28,32H,1-4,11H2,(H,27,29,30). The summed E-state index contributed by atoms with van der Waals surface area (Å²) < 4.78 is 28.8. The first-order valence-corrected chi connectivity index (χ1v) is 10.6. The van der Waals surface area contributed by atoms with Crippen molar-refractivity contribution < 1.29 is 18.7 Å². The molecule has 2 unspecified atom stereocenters. The molecule has 7 nitrogen and oxygen atoms in total. The number of carbonyl (C=O) groups excluding carboxylic acids is 1. The predicted molar refractivity (Wildman–Crippen MR) is 112 cm³/mol. The van der Waals surface area contributed by atoms with Gasteiger partial charge >= 0.3 is 0 Å². The van der Waals surface area contributed by atoms with Crippen LogP contribution in [-0.4, -0.2) is 39.2 Å². The summed E-state index contributed by atoms with van der Waals surface area (Å²) in [7, 11) is 0. The second-order valence-corrected chi connectivity index (χ2v) is 8.73. The van der Waals surface area contributed by atoms with Crippen LogP contribution in [0.4, 0.5) is 14.5 Å². The molecule has 6 rings (SSSR count). The van der Waals surface area contributed by atoms with Gasteiger partial charge in [0, 0.05) is 17.0 Å². The number of H-pyrrole nitrogens is 1. The van der Waals surface area contributed by atoms with Crippen LogP contribution in [0.5, 0.6) is 0 Å². The van der Waals surface area contributed by atoms with Gasteiger partial charge in [0.1, 0.15) is 17.9 Å². The number of carbonyl (C=O) groups is 1. The van der Waals surface area contributed by atoms with E-state index in [9.17, 15) is 19.6 Å². The smallest absolute Gasteiger partial charge is 0.181 e. The molecule has 3 saturated carbocycles. The quantitative estimate of drug-likeness (QED) is 0.526. The van der Waals surface area contributed by atoms with Crippen molar-refractivity contribution >= 4 is 23.0 Å². The van der Waals surface area contributed by atoms with Gasteiger partial charge in [0.05, 0.1) is 41.2 Å². The van der Waals surface area contributed by atoms with Crippen LogP contribution in [0.1, 0.15) is 31.2 Å². The Balaban J connectivity index is 1.61. The summed E-state index contributed by atoms with van der Waals surface area (Å²) in [5.74, 6) is -1.03. The fourth-order valence-corrected chi connectivity index (χ4v) is 5.60. The fourth-order valence-electron chi connectivity index (χ4n) is 5.60. The number of nitrogens with one attached hydrogen (secondary N) is 2. The van der Waals surface area contributed by atoms with E-state index >= 15 is 4.39 Å². The number of benzene rings is 1. The van der Waals surface area contributed by atoms with Crippen LogP contribution in [0.25, 0.3) is 22.3 Å². The van der Waals surface area contributed by atoms with Crippen LogP contribution in [0.3, 0.4) is 0 Å². The Morgan fingerprint density at radius 3 is 2.75 bits per heavy atom. The Kier molecular flexibility index (Phi) is 4.90. The highest BCUT2D eigenvalue weighted by atomic mass is 19.1.